The fourth-order valence-electron chi connectivity index (χ4n) is 4.05. The molecule has 2 aliphatic heterocycles. The number of piperidine rings is 1. The molecule has 2 fully saturated rings. The SMILES string of the molecule is CCOC(=O)N1CCN(C(=NC)NCc2cccnc2N2CCC(C(N)=O)CC2)CC1. The number of hydrogen-bond donors (Lipinski definition) is 2. The molecule has 0 bridgehead atoms. The molecule has 0 aromatic carbocycles. The first kappa shape index (κ1) is 22.6. The third-order valence-corrected chi connectivity index (χ3v) is 5.82. The van der Waals surface area contributed by atoms with Gasteiger partial charge in [0.2, 0.25) is 5.91 Å². The van der Waals surface area contributed by atoms with Crippen LogP contribution in [0.5, 0.6) is 0 Å². The zero-order chi connectivity index (χ0) is 22.2. The summed E-state index contributed by atoms with van der Waals surface area (Å²) >= 11 is 0. The van der Waals surface area contributed by atoms with Crippen LogP contribution >= 0.6 is 0 Å². The van der Waals surface area contributed by atoms with Crippen LogP contribution in [-0.4, -0.2) is 85.7 Å². The van der Waals surface area contributed by atoms with Gasteiger partial charge in [-0.15, -0.1) is 0 Å². The number of amides is 2. The molecule has 0 unspecified atom stereocenters. The molecule has 0 saturated carbocycles. The Balaban J connectivity index is 1.56. The van der Waals surface area contributed by atoms with E-state index in [1.807, 2.05) is 13.0 Å². The van der Waals surface area contributed by atoms with Crippen LogP contribution in [0.2, 0.25) is 0 Å². The van der Waals surface area contributed by atoms with Crippen molar-refractivity contribution in [3.63, 3.8) is 0 Å². The Labute approximate surface area is 183 Å². The van der Waals surface area contributed by atoms with Gasteiger partial charge in [-0.1, -0.05) is 6.07 Å². The lowest BCUT2D eigenvalue weighted by molar-refractivity contribution is -0.122. The maximum absolute atomic E-state index is 11.9. The number of guanidine groups is 1. The zero-order valence-corrected chi connectivity index (χ0v) is 18.4. The molecule has 1 aromatic rings. The van der Waals surface area contributed by atoms with E-state index in [9.17, 15) is 9.59 Å². The van der Waals surface area contributed by atoms with Crippen molar-refractivity contribution >= 4 is 23.8 Å². The molecule has 10 heteroatoms. The summed E-state index contributed by atoms with van der Waals surface area (Å²) in [6.07, 6.45) is 3.05. The quantitative estimate of drug-likeness (QED) is 0.519. The van der Waals surface area contributed by atoms with Gasteiger partial charge < -0.3 is 30.5 Å². The third kappa shape index (κ3) is 5.77. The highest BCUT2D eigenvalue weighted by molar-refractivity contribution is 5.80. The van der Waals surface area contributed by atoms with Crippen molar-refractivity contribution in [2.45, 2.75) is 26.3 Å². The molecule has 2 saturated heterocycles. The topological polar surface area (TPSA) is 116 Å². The number of nitrogens with zero attached hydrogens (tertiary/aromatic N) is 5. The molecule has 0 spiro atoms. The molecule has 3 rings (SSSR count). The first-order valence-corrected chi connectivity index (χ1v) is 10.9. The van der Waals surface area contributed by atoms with Gasteiger partial charge in [-0.2, -0.15) is 0 Å². The van der Waals surface area contributed by atoms with Crippen LogP contribution in [0.15, 0.2) is 23.3 Å². The van der Waals surface area contributed by atoms with E-state index in [4.69, 9.17) is 10.5 Å². The predicted molar refractivity (Wildman–Crippen MR) is 119 cm³/mol. The summed E-state index contributed by atoms with van der Waals surface area (Å²) in [6.45, 7) is 6.91. The molecular formula is C21H33N7O3. The van der Waals surface area contributed by atoms with E-state index < -0.39 is 0 Å². The van der Waals surface area contributed by atoms with E-state index in [2.05, 4.69) is 31.2 Å². The zero-order valence-electron chi connectivity index (χ0n) is 18.4. The van der Waals surface area contributed by atoms with Crippen LogP contribution in [0, 0.1) is 5.92 Å². The maximum Gasteiger partial charge on any atom is 0.409 e. The molecule has 0 aliphatic carbocycles. The monoisotopic (exact) mass is 431 g/mol. The van der Waals surface area contributed by atoms with Crippen molar-refractivity contribution in [2.24, 2.45) is 16.6 Å². The second-order valence-electron chi connectivity index (χ2n) is 7.72. The van der Waals surface area contributed by atoms with Crippen molar-refractivity contribution in [3.8, 4) is 0 Å². The summed E-state index contributed by atoms with van der Waals surface area (Å²) in [6, 6.07) is 3.99. The van der Waals surface area contributed by atoms with E-state index >= 15 is 0 Å². The Kier molecular flexibility index (Phi) is 7.91. The Morgan fingerprint density at radius 3 is 2.48 bits per heavy atom. The van der Waals surface area contributed by atoms with Crippen LogP contribution in [0.4, 0.5) is 10.6 Å². The second-order valence-corrected chi connectivity index (χ2v) is 7.72. The minimum atomic E-state index is -0.259. The van der Waals surface area contributed by atoms with Crippen molar-refractivity contribution in [3.05, 3.63) is 23.9 Å². The Morgan fingerprint density at radius 2 is 1.87 bits per heavy atom. The van der Waals surface area contributed by atoms with Gasteiger partial charge in [0.1, 0.15) is 5.82 Å². The summed E-state index contributed by atoms with van der Waals surface area (Å²) in [4.78, 5) is 38.4. The smallest absolute Gasteiger partial charge is 0.409 e. The van der Waals surface area contributed by atoms with Gasteiger partial charge in [-0.05, 0) is 25.8 Å². The van der Waals surface area contributed by atoms with E-state index in [1.54, 1.807) is 18.1 Å². The van der Waals surface area contributed by atoms with E-state index in [0.29, 0.717) is 39.3 Å². The fraction of sp³-hybridized carbons (Fsp3) is 0.619. The molecule has 0 atom stereocenters. The number of ether oxygens (including phenoxy) is 1. The number of carbonyl (C=O) groups excluding carboxylic acids is 2. The minimum absolute atomic E-state index is 0.0476. The average Bonchev–Trinajstić information content (AvgIpc) is 2.80. The molecule has 170 valence electrons. The van der Waals surface area contributed by atoms with Gasteiger partial charge in [0.25, 0.3) is 0 Å². The predicted octanol–water partition coefficient (Wildman–Crippen LogP) is 0.633. The number of hydrogen-bond acceptors (Lipinski definition) is 6. The summed E-state index contributed by atoms with van der Waals surface area (Å²) < 4.78 is 5.08. The standard InChI is InChI=1S/C21H33N7O3/c1-3-31-21(30)28-13-11-27(12-14-28)20(23-2)25-15-17-5-4-8-24-19(17)26-9-6-16(7-10-26)18(22)29/h4-5,8,16H,3,6-7,9-15H2,1-2H3,(H2,22,29)(H,23,25). The third-order valence-electron chi connectivity index (χ3n) is 5.82. The highest BCUT2D eigenvalue weighted by Gasteiger charge is 2.26. The molecule has 1 aromatic heterocycles. The highest BCUT2D eigenvalue weighted by atomic mass is 16.6. The lowest BCUT2D eigenvalue weighted by Gasteiger charge is -2.36. The van der Waals surface area contributed by atoms with Gasteiger partial charge in [-0.3, -0.25) is 9.79 Å². The number of pyridine rings is 1. The lowest BCUT2D eigenvalue weighted by atomic mass is 9.96. The number of nitrogens with one attached hydrogen (secondary N) is 1. The second kappa shape index (κ2) is 10.8. The average molecular weight is 432 g/mol. The number of nitrogens with two attached hydrogens (primary N) is 1. The first-order chi connectivity index (χ1) is 15.0. The van der Waals surface area contributed by atoms with Crippen molar-refractivity contribution < 1.29 is 14.3 Å². The van der Waals surface area contributed by atoms with Crippen LogP contribution in [0.25, 0.3) is 0 Å². The van der Waals surface area contributed by atoms with Crippen molar-refractivity contribution in [1.82, 2.24) is 20.1 Å². The molecule has 0 radical (unpaired) electrons. The molecule has 2 amide bonds. The van der Waals surface area contributed by atoms with Crippen molar-refractivity contribution in [2.75, 3.05) is 57.8 Å². The largest absolute Gasteiger partial charge is 0.450 e. The Morgan fingerprint density at radius 1 is 1.19 bits per heavy atom. The minimum Gasteiger partial charge on any atom is -0.450 e. The van der Waals surface area contributed by atoms with Gasteiger partial charge >= 0.3 is 6.09 Å². The summed E-state index contributed by atoms with van der Waals surface area (Å²) in [5.74, 6) is 1.47. The van der Waals surface area contributed by atoms with Gasteiger partial charge in [0.05, 0.1) is 6.61 Å². The normalized spacial score (nSPS) is 18.1. The number of primary amides is 1. The fourth-order valence-corrected chi connectivity index (χ4v) is 4.05. The van der Waals surface area contributed by atoms with Crippen LogP contribution < -0.4 is 16.0 Å². The van der Waals surface area contributed by atoms with Crippen LogP contribution in [0.3, 0.4) is 0 Å². The number of piperazine rings is 1. The van der Waals surface area contributed by atoms with E-state index in [0.717, 1.165) is 43.3 Å². The molecular weight excluding hydrogens is 398 g/mol. The molecule has 2 aliphatic rings. The van der Waals surface area contributed by atoms with Gasteiger partial charge in [0.15, 0.2) is 5.96 Å². The molecule has 31 heavy (non-hydrogen) atoms. The summed E-state index contributed by atoms with van der Waals surface area (Å²) in [7, 11) is 1.76. The lowest BCUT2D eigenvalue weighted by Crippen LogP contribution is -2.53. The van der Waals surface area contributed by atoms with Crippen LogP contribution in [-0.2, 0) is 16.1 Å². The number of rotatable bonds is 5. The number of carbonyl (C=O) groups is 2. The number of anilines is 1. The van der Waals surface area contributed by atoms with E-state index in [-0.39, 0.29) is 17.9 Å². The van der Waals surface area contributed by atoms with E-state index in [1.165, 1.54) is 0 Å². The first-order valence-electron chi connectivity index (χ1n) is 10.9. The Hall–Kier alpha value is -3.04. The van der Waals surface area contributed by atoms with Crippen LogP contribution in [0.1, 0.15) is 25.3 Å². The summed E-state index contributed by atoms with van der Waals surface area (Å²) in [5, 5.41) is 3.43. The number of aromatic nitrogens is 1. The maximum atomic E-state index is 11.9. The highest BCUT2D eigenvalue weighted by Crippen LogP contribution is 2.24. The number of aliphatic imine (C=N–C) groups is 1. The molecule has 3 N–H and O–H groups in total. The van der Waals surface area contributed by atoms with Gasteiger partial charge in [-0.25, -0.2) is 9.78 Å². The molecule has 10 nitrogen and oxygen atoms in total. The molecule has 3 heterocycles. The van der Waals surface area contributed by atoms with Crippen molar-refractivity contribution in [1.29, 1.82) is 0 Å². The summed E-state index contributed by atoms with van der Waals surface area (Å²) in [5.41, 5.74) is 6.53. The van der Waals surface area contributed by atoms with Gasteiger partial charge in [0, 0.05) is 70.5 Å². The Bertz CT molecular complexity index is 785.